The molecule has 1 saturated heterocycles. The maximum atomic E-state index is 12.3. The van der Waals surface area contributed by atoms with Gasteiger partial charge in [0.15, 0.2) is 0 Å². The van der Waals surface area contributed by atoms with Gasteiger partial charge in [-0.2, -0.15) is 0 Å². The molecule has 6 heteroatoms. The van der Waals surface area contributed by atoms with Crippen molar-refractivity contribution in [3.63, 3.8) is 0 Å². The van der Waals surface area contributed by atoms with Crippen LogP contribution in [0.2, 0.25) is 0 Å². The summed E-state index contributed by atoms with van der Waals surface area (Å²) in [7, 11) is 0. The van der Waals surface area contributed by atoms with Crippen LogP contribution in [-0.4, -0.2) is 53.4 Å². The Morgan fingerprint density at radius 1 is 1.32 bits per heavy atom. The third kappa shape index (κ3) is 3.33. The first-order valence-electron chi connectivity index (χ1n) is 8.40. The van der Waals surface area contributed by atoms with Crippen molar-refractivity contribution in [2.45, 2.75) is 51.0 Å². The van der Waals surface area contributed by atoms with Crippen LogP contribution in [0.5, 0.6) is 0 Å². The van der Waals surface area contributed by atoms with Crippen LogP contribution in [0.25, 0.3) is 0 Å². The van der Waals surface area contributed by atoms with Gasteiger partial charge in [-0.25, -0.2) is 0 Å². The molecule has 0 unspecified atom stereocenters. The Kier molecular flexibility index (Phi) is 5.10. The highest BCUT2D eigenvalue weighted by molar-refractivity contribution is 5.93. The summed E-state index contributed by atoms with van der Waals surface area (Å²) in [4.78, 5) is 14.5. The Labute approximate surface area is 130 Å². The third-order valence-corrected chi connectivity index (χ3v) is 4.81. The average Bonchev–Trinajstić information content (AvgIpc) is 2.99. The Hall–Kier alpha value is -1.40. The monoisotopic (exact) mass is 307 g/mol. The summed E-state index contributed by atoms with van der Waals surface area (Å²) < 4.78 is 5.25. The summed E-state index contributed by atoms with van der Waals surface area (Å²) in [6, 6.07) is 0.240. The highest BCUT2D eigenvalue weighted by atomic mass is 16.5. The molecule has 0 bridgehead atoms. The summed E-state index contributed by atoms with van der Waals surface area (Å²) in [5.74, 6) is 0.236. The van der Waals surface area contributed by atoms with Crippen molar-refractivity contribution < 1.29 is 14.4 Å². The van der Waals surface area contributed by atoms with Gasteiger partial charge in [0, 0.05) is 24.7 Å². The van der Waals surface area contributed by atoms with E-state index in [4.69, 9.17) is 4.52 Å². The summed E-state index contributed by atoms with van der Waals surface area (Å²) >= 11 is 0. The summed E-state index contributed by atoms with van der Waals surface area (Å²) in [6.07, 6.45) is 7.41. The zero-order valence-corrected chi connectivity index (χ0v) is 13.0. The van der Waals surface area contributed by atoms with Gasteiger partial charge in [0.25, 0.3) is 5.91 Å². The van der Waals surface area contributed by atoms with Gasteiger partial charge < -0.3 is 14.9 Å². The first-order chi connectivity index (χ1) is 10.8. The fraction of sp³-hybridized carbons (Fsp3) is 0.750. The number of carbonyl (C=O) groups excluding carboxylic acids is 1. The third-order valence-electron chi connectivity index (χ3n) is 4.81. The Balaban J connectivity index is 1.51. The second-order valence-electron chi connectivity index (χ2n) is 6.27. The zero-order chi connectivity index (χ0) is 15.4. The molecule has 2 aliphatic rings. The molecule has 1 aliphatic carbocycles. The lowest BCUT2D eigenvalue weighted by atomic mass is 9.96. The number of carbonyl (C=O) groups is 1. The lowest BCUT2D eigenvalue weighted by Gasteiger charge is -2.34. The molecule has 3 rings (SSSR count). The highest BCUT2D eigenvalue weighted by Gasteiger charge is 2.25. The quantitative estimate of drug-likeness (QED) is 0.852. The highest BCUT2D eigenvalue weighted by Crippen LogP contribution is 2.23. The van der Waals surface area contributed by atoms with Gasteiger partial charge in [-0.15, -0.1) is 0 Å². The molecule has 0 radical (unpaired) electrons. The van der Waals surface area contributed by atoms with E-state index in [1.807, 2.05) is 0 Å². The number of piperidine rings is 1. The van der Waals surface area contributed by atoms with Crippen LogP contribution in [0.15, 0.2) is 4.52 Å². The molecule has 122 valence electrons. The Bertz CT molecular complexity index is 515. The molecule has 0 spiro atoms. The number of likely N-dealkylation sites (tertiary alicyclic amines) is 1. The summed E-state index contributed by atoms with van der Waals surface area (Å²) in [5.41, 5.74) is 1.95. The Morgan fingerprint density at radius 3 is 3.05 bits per heavy atom. The SMILES string of the molecule is O=C(NCCN1CCCC[C@H]1CO)c1onc2c1CCCC2. The van der Waals surface area contributed by atoms with Crippen molar-refractivity contribution in [3.05, 3.63) is 17.0 Å². The lowest BCUT2D eigenvalue weighted by molar-refractivity contribution is 0.0830. The molecule has 0 aromatic carbocycles. The number of aliphatic hydroxyl groups excluding tert-OH is 1. The number of aromatic nitrogens is 1. The number of nitrogens with one attached hydrogen (secondary N) is 1. The smallest absolute Gasteiger partial charge is 0.290 e. The molecule has 1 aromatic rings. The topological polar surface area (TPSA) is 78.6 Å². The first kappa shape index (κ1) is 15.5. The second kappa shape index (κ2) is 7.24. The van der Waals surface area contributed by atoms with E-state index in [-0.39, 0.29) is 18.6 Å². The molecule has 0 saturated carbocycles. The van der Waals surface area contributed by atoms with E-state index in [1.165, 1.54) is 12.8 Å². The maximum absolute atomic E-state index is 12.3. The molecule has 2 N–H and O–H groups in total. The van der Waals surface area contributed by atoms with Crippen molar-refractivity contribution in [1.82, 2.24) is 15.4 Å². The minimum absolute atomic E-state index is 0.159. The molecule has 1 aromatic heterocycles. The summed E-state index contributed by atoms with van der Waals surface area (Å²) in [6.45, 7) is 2.54. The van der Waals surface area contributed by atoms with Crippen LogP contribution in [0.4, 0.5) is 0 Å². The molecular formula is C16H25N3O3. The number of hydrogen-bond acceptors (Lipinski definition) is 5. The van der Waals surface area contributed by atoms with Gasteiger partial charge in [-0.1, -0.05) is 11.6 Å². The van der Waals surface area contributed by atoms with E-state index in [0.29, 0.717) is 12.3 Å². The predicted molar refractivity (Wildman–Crippen MR) is 81.8 cm³/mol. The van der Waals surface area contributed by atoms with E-state index in [2.05, 4.69) is 15.4 Å². The van der Waals surface area contributed by atoms with Crippen molar-refractivity contribution in [3.8, 4) is 0 Å². The van der Waals surface area contributed by atoms with Crippen LogP contribution < -0.4 is 5.32 Å². The normalized spacial score (nSPS) is 22.3. The van der Waals surface area contributed by atoms with Crippen molar-refractivity contribution in [1.29, 1.82) is 0 Å². The Morgan fingerprint density at radius 2 is 2.18 bits per heavy atom. The molecule has 2 heterocycles. The number of amides is 1. The average molecular weight is 307 g/mol. The van der Waals surface area contributed by atoms with E-state index in [9.17, 15) is 9.90 Å². The molecular weight excluding hydrogens is 282 g/mol. The van der Waals surface area contributed by atoms with Crippen molar-refractivity contribution >= 4 is 5.91 Å². The van der Waals surface area contributed by atoms with E-state index in [1.54, 1.807) is 0 Å². The minimum Gasteiger partial charge on any atom is -0.395 e. The van der Waals surface area contributed by atoms with Crippen LogP contribution in [0, 0.1) is 0 Å². The standard InChI is InChI=1S/C16H25N3O3/c20-11-12-5-3-4-9-19(12)10-8-17-16(21)15-13-6-1-2-7-14(13)18-22-15/h12,20H,1-11H2,(H,17,21)/t12-/m0/s1. The maximum Gasteiger partial charge on any atom is 0.290 e. The van der Waals surface area contributed by atoms with Gasteiger partial charge in [0.05, 0.1) is 12.3 Å². The molecule has 22 heavy (non-hydrogen) atoms. The van der Waals surface area contributed by atoms with Crippen LogP contribution in [0.1, 0.15) is 53.9 Å². The summed E-state index contributed by atoms with van der Waals surface area (Å²) in [5, 5.41) is 16.4. The molecule has 1 atom stereocenters. The lowest BCUT2D eigenvalue weighted by Crippen LogP contribution is -2.45. The number of hydrogen-bond donors (Lipinski definition) is 2. The molecule has 6 nitrogen and oxygen atoms in total. The zero-order valence-electron chi connectivity index (χ0n) is 13.0. The second-order valence-corrected chi connectivity index (χ2v) is 6.27. The number of aryl methyl sites for hydroxylation is 1. The van der Waals surface area contributed by atoms with Crippen LogP contribution in [0.3, 0.4) is 0 Å². The van der Waals surface area contributed by atoms with Crippen molar-refractivity contribution in [2.75, 3.05) is 26.2 Å². The van der Waals surface area contributed by atoms with Gasteiger partial charge in [-0.05, 0) is 45.1 Å². The van der Waals surface area contributed by atoms with Crippen molar-refractivity contribution in [2.24, 2.45) is 0 Å². The number of fused-ring (bicyclic) bond motifs is 1. The molecule has 1 fully saturated rings. The minimum atomic E-state index is -0.159. The fourth-order valence-electron chi connectivity index (χ4n) is 3.52. The predicted octanol–water partition coefficient (Wildman–Crippen LogP) is 1.13. The van der Waals surface area contributed by atoms with E-state index < -0.39 is 0 Å². The first-order valence-corrected chi connectivity index (χ1v) is 8.40. The molecule has 1 aliphatic heterocycles. The van der Waals surface area contributed by atoms with Gasteiger partial charge in [0.2, 0.25) is 5.76 Å². The number of nitrogens with zero attached hydrogens (tertiary/aromatic N) is 2. The van der Waals surface area contributed by atoms with Gasteiger partial charge >= 0.3 is 0 Å². The fourth-order valence-corrected chi connectivity index (χ4v) is 3.52. The van der Waals surface area contributed by atoms with Crippen LogP contribution in [-0.2, 0) is 12.8 Å². The largest absolute Gasteiger partial charge is 0.395 e. The number of rotatable bonds is 5. The van der Waals surface area contributed by atoms with Gasteiger partial charge in [0.1, 0.15) is 0 Å². The van der Waals surface area contributed by atoms with E-state index >= 15 is 0 Å². The van der Waals surface area contributed by atoms with Crippen LogP contribution >= 0.6 is 0 Å². The van der Waals surface area contributed by atoms with E-state index in [0.717, 1.165) is 56.5 Å². The molecule has 1 amide bonds. The number of aliphatic hydroxyl groups is 1. The van der Waals surface area contributed by atoms with Gasteiger partial charge in [-0.3, -0.25) is 9.69 Å².